The van der Waals surface area contributed by atoms with Crippen LogP contribution in [-0.2, 0) is 13.1 Å². The van der Waals surface area contributed by atoms with E-state index in [4.69, 9.17) is 0 Å². The van der Waals surface area contributed by atoms with Crippen molar-refractivity contribution in [1.29, 1.82) is 0 Å². The number of hydrogen-bond acceptors (Lipinski definition) is 4. The second-order valence-electron chi connectivity index (χ2n) is 5.78. The van der Waals surface area contributed by atoms with Crippen LogP contribution in [0.4, 0.5) is 5.95 Å². The van der Waals surface area contributed by atoms with Crippen LogP contribution >= 0.6 is 0 Å². The normalized spacial score (nSPS) is 14.2. The summed E-state index contributed by atoms with van der Waals surface area (Å²) in [6.45, 7) is 3.75. The molecule has 1 aromatic carbocycles. The number of aryl methyl sites for hydroxylation is 1. The molecule has 0 aliphatic heterocycles. The zero-order chi connectivity index (χ0) is 14.7. The molecule has 1 fully saturated rings. The minimum absolute atomic E-state index is 0.713. The molecule has 0 bridgehead atoms. The van der Waals surface area contributed by atoms with Crippen molar-refractivity contribution in [2.24, 2.45) is 0 Å². The number of nitrogens with zero attached hydrogens (tertiary/aromatic N) is 3. The molecule has 0 unspecified atom stereocenters. The van der Waals surface area contributed by atoms with Gasteiger partial charge in [-0.3, -0.25) is 0 Å². The fraction of sp³-hybridized carbons (Fsp3) is 0.412. The number of hydrogen-bond donors (Lipinski definition) is 1. The lowest BCUT2D eigenvalue weighted by atomic mass is 10.2. The van der Waals surface area contributed by atoms with Crippen molar-refractivity contribution in [2.75, 3.05) is 11.9 Å². The standard InChI is InChI=1S/C17H22N4/c1-13-15(10-18-16-8-9-16)11-19-17(20-13)21(2)12-14-6-4-3-5-7-14/h3-7,11,16,18H,8-10,12H2,1-2H3. The minimum Gasteiger partial charge on any atom is -0.340 e. The van der Waals surface area contributed by atoms with Gasteiger partial charge in [-0.2, -0.15) is 0 Å². The maximum absolute atomic E-state index is 4.64. The summed E-state index contributed by atoms with van der Waals surface area (Å²) in [6, 6.07) is 11.1. The van der Waals surface area contributed by atoms with E-state index in [0.29, 0.717) is 6.04 Å². The van der Waals surface area contributed by atoms with Gasteiger partial charge in [-0.05, 0) is 25.3 Å². The molecule has 1 heterocycles. The molecule has 3 rings (SSSR count). The lowest BCUT2D eigenvalue weighted by Crippen LogP contribution is -2.21. The van der Waals surface area contributed by atoms with Crippen molar-refractivity contribution in [1.82, 2.24) is 15.3 Å². The molecular weight excluding hydrogens is 260 g/mol. The summed E-state index contributed by atoms with van der Waals surface area (Å²) in [5.41, 5.74) is 3.52. The van der Waals surface area contributed by atoms with Gasteiger partial charge in [0, 0.05) is 43.6 Å². The van der Waals surface area contributed by atoms with E-state index in [-0.39, 0.29) is 0 Å². The molecule has 2 aromatic rings. The number of benzene rings is 1. The van der Waals surface area contributed by atoms with Crippen LogP contribution < -0.4 is 10.2 Å². The first-order valence-electron chi connectivity index (χ1n) is 7.53. The van der Waals surface area contributed by atoms with Crippen LogP contribution in [0.2, 0.25) is 0 Å². The second kappa shape index (κ2) is 6.22. The van der Waals surface area contributed by atoms with Gasteiger partial charge in [-0.15, -0.1) is 0 Å². The highest BCUT2D eigenvalue weighted by Gasteiger charge is 2.20. The van der Waals surface area contributed by atoms with Gasteiger partial charge in [-0.1, -0.05) is 30.3 Å². The van der Waals surface area contributed by atoms with Gasteiger partial charge in [0.2, 0.25) is 5.95 Å². The lowest BCUT2D eigenvalue weighted by Gasteiger charge is -2.18. The number of nitrogens with one attached hydrogen (secondary N) is 1. The molecule has 0 amide bonds. The minimum atomic E-state index is 0.713. The van der Waals surface area contributed by atoms with Crippen molar-refractivity contribution in [2.45, 2.75) is 38.9 Å². The summed E-state index contributed by atoms with van der Waals surface area (Å²) < 4.78 is 0. The summed E-state index contributed by atoms with van der Waals surface area (Å²) in [6.07, 6.45) is 4.56. The third kappa shape index (κ3) is 3.79. The Morgan fingerprint density at radius 2 is 2.00 bits per heavy atom. The Morgan fingerprint density at radius 3 is 2.67 bits per heavy atom. The molecule has 110 valence electrons. The molecule has 0 radical (unpaired) electrons. The van der Waals surface area contributed by atoms with Gasteiger partial charge >= 0.3 is 0 Å². The van der Waals surface area contributed by atoms with Crippen molar-refractivity contribution in [3.05, 3.63) is 53.3 Å². The van der Waals surface area contributed by atoms with Gasteiger partial charge in [0.1, 0.15) is 0 Å². The molecule has 0 atom stereocenters. The van der Waals surface area contributed by atoms with E-state index in [0.717, 1.165) is 24.7 Å². The number of rotatable bonds is 6. The molecular formula is C17H22N4. The van der Waals surface area contributed by atoms with Crippen molar-refractivity contribution in [3.63, 3.8) is 0 Å². The Balaban J connectivity index is 1.65. The van der Waals surface area contributed by atoms with Crippen LogP contribution in [-0.4, -0.2) is 23.1 Å². The second-order valence-corrected chi connectivity index (χ2v) is 5.78. The Morgan fingerprint density at radius 1 is 1.24 bits per heavy atom. The zero-order valence-electron chi connectivity index (χ0n) is 12.7. The fourth-order valence-corrected chi connectivity index (χ4v) is 2.31. The first-order valence-corrected chi connectivity index (χ1v) is 7.53. The highest BCUT2D eigenvalue weighted by Crippen LogP contribution is 2.20. The van der Waals surface area contributed by atoms with E-state index < -0.39 is 0 Å². The molecule has 1 aliphatic carbocycles. The predicted octanol–water partition coefficient (Wildman–Crippen LogP) is 2.67. The average Bonchev–Trinajstić information content (AvgIpc) is 3.31. The number of aromatic nitrogens is 2. The molecule has 21 heavy (non-hydrogen) atoms. The molecule has 0 spiro atoms. The van der Waals surface area contributed by atoms with Gasteiger partial charge in [-0.25, -0.2) is 9.97 Å². The van der Waals surface area contributed by atoms with Crippen LogP contribution in [0.5, 0.6) is 0 Å². The van der Waals surface area contributed by atoms with E-state index in [1.54, 1.807) is 0 Å². The van der Waals surface area contributed by atoms with E-state index in [1.165, 1.54) is 24.0 Å². The Bertz CT molecular complexity index is 593. The topological polar surface area (TPSA) is 41.1 Å². The Kier molecular flexibility index (Phi) is 4.15. The largest absolute Gasteiger partial charge is 0.340 e. The third-order valence-corrected chi connectivity index (χ3v) is 3.83. The molecule has 1 saturated carbocycles. The highest BCUT2D eigenvalue weighted by molar-refractivity contribution is 5.33. The smallest absolute Gasteiger partial charge is 0.225 e. The summed E-state index contributed by atoms with van der Waals surface area (Å²) in [7, 11) is 2.03. The van der Waals surface area contributed by atoms with E-state index >= 15 is 0 Å². The fourth-order valence-electron chi connectivity index (χ4n) is 2.31. The highest BCUT2D eigenvalue weighted by atomic mass is 15.2. The zero-order valence-corrected chi connectivity index (χ0v) is 12.7. The van der Waals surface area contributed by atoms with Crippen LogP contribution in [0.25, 0.3) is 0 Å². The summed E-state index contributed by atoms with van der Waals surface area (Å²) in [4.78, 5) is 11.2. The Labute approximate surface area is 126 Å². The monoisotopic (exact) mass is 282 g/mol. The maximum atomic E-state index is 4.64. The van der Waals surface area contributed by atoms with Gasteiger partial charge in [0.25, 0.3) is 0 Å². The summed E-state index contributed by atoms with van der Waals surface area (Å²) in [5.74, 6) is 0.784. The van der Waals surface area contributed by atoms with Crippen molar-refractivity contribution < 1.29 is 0 Å². The van der Waals surface area contributed by atoms with Gasteiger partial charge < -0.3 is 10.2 Å². The van der Waals surface area contributed by atoms with E-state index in [9.17, 15) is 0 Å². The molecule has 0 saturated heterocycles. The number of anilines is 1. The molecule has 1 aliphatic rings. The van der Waals surface area contributed by atoms with Crippen LogP contribution in [0.15, 0.2) is 36.5 Å². The molecule has 4 nitrogen and oxygen atoms in total. The van der Waals surface area contributed by atoms with Gasteiger partial charge in [0.05, 0.1) is 0 Å². The van der Waals surface area contributed by atoms with Crippen LogP contribution in [0.1, 0.15) is 29.7 Å². The Hall–Kier alpha value is -1.94. The van der Waals surface area contributed by atoms with Crippen molar-refractivity contribution in [3.8, 4) is 0 Å². The average molecular weight is 282 g/mol. The van der Waals surface area contributed by atoms with Crippen molar-refractivity contribution >= 4 is 5.95 Å². The first kappa shape index (κ1) is 14.0. The summed E-state index contributed by atoms with van der Waals surface area (Å²) in [5, 5.41) is 3.51. The van der Waals surface area contributed by atoms with E-state index in [1.807, 2.05) is 19.3 Å². The SMILES string of the molecule is Cc1nc(N(C)Cc2ccccc2)ncc1CNC1CC1. The predicted molar refractivity (Wildman–Crippen MR) is 85.2 cm³/mol. The first-order chi connectivity index (χ1) is 10.2. The van der Waals surface area contributed by atoms with Crippen LogP contribution in [0, 0.1) is 6.92 Å². The molecule has 1 N–H and O–H groups in total. The molecule has 4 heteroatoms. The lowest BCUT2D eigenvalue weighted by molar-refractivity contribution is 0.678. The summed E-state index contributed by atoms with van der Waals surface area (Å²) >= 11 is 0. The third-order valence-electron chi connectivity index (χ3n) is 3.83. The van der Waals surface area contributed by atoms with E-state index in [2.05, 4.69) is 51.4 Å². The van der Waals surface area contributed by atoms with Crippen LogP contribution in [0.3, 0.4) is 0 Å². The van der Waals surface area contributed by atoms with Gasteiger partial charge in [0.15, 0.2) is 0 Å². The quantitative estimate of drug-likeness (QED) is 0.884. The maximum Gasteiger partial charge on any atom is 0.225 e. The molecule has 1 aromatic heterocycles.